The van der Waals surface area contributed by atoms with Crippen molar-refractivity contribution in [1.82, 2.24) is 9.80 Å². The molecule has 1 aromatic carbocycles. The number of hydrogen-bond acceptors (Lipinski definition) is 4. The minimum atomic E-state index is -0.0978. The summed E-state index contributed by atoms with van der Waals surface area (Å²) in [4.78, 5) is 17.0. The number of anilines is 1. The highest BCUT2D eigenvalue weighted by Crippen LogP contribution is 2.26. The number of urea groups is 1. The van der Waals surface area contributed by atoms with E-state index in [4.69, 9.17) is 15.9 Å². The number of para-hydroxylation sites is 2. The first-order chi connectivity index (χ1) is 12.2. The molecule has 0 aromatic heterocycles. The minimum Gasteiger partial charge on any atom is -0.479 e. The van der Waals surface area contributed by atoms with Crippen LogP contribution in [0.25, 0.3) is 0 Å². The highest BCUT2D eigenvalue weighted by atomic mass is 16.5. The van der Waals surface area contributed by atoms with Gasteiger partial charge in [-0.1, -0.05) is 25.0 Å². The van der Waals surface area contributed by atoms with Crippen molar-refractivity contribution in [2.45, 2.75) is 13.0 Å². The molecule has 6 nitrogen and oxygen atoms in total. The molecule has 25 heavy (non-hydrogen) atoms. The number of rotatable bonds is 4. The van der Waals surface area contributed by atoms with E-state index in [9.17, 15) is 4.79 Å². The lowest BCUT2D eigenvalue weighted by molar-refractivity contribution is 0.0123. The number of amides is 2. The molecule has 3 rings (SSSR count). The van der Waals surface area contributed by atoms with Crippen LogP contribution in [0.5, 0.6) is 5.75 Å². The molecule has 0 bridgehead atoms. The van der Waals surface area contributed by atoms with Gasteiger partial charge in [-0.15, -0.1) is 6.42 Å². The quantitative estimate of drug-likeness (QED) is 0.848. The Labute approximate surface area is 149 Å². The van der Waals surface area contributed by atoms with E-state index in [0.29, 0.717) is 23.4 Å². The summed E-state index contributed by atoms with van der Waals surface area (Å²) >= 11 is 0. The number of likely N-dealkylation sites (tertiary alicyclic amines) is 1. The first-order valence-electron chi connectivity index (χ1n) is 8.72. The Morgan fingerprint density at radius 3 is 2.88 bits per heavy atom. The molecular formula is C19H25N3O3. The highest BCUT2D eigenvalue weighted by molar-refractivity contribution is 5.91. The van der Waals surface area contributed by atoms with Crippen molar-refractivity contribution in [1.29, 1.82) is 0 Å². The number of nitrogens with zero attached hydrogens (tertiary/aromatic N) is 2. The van der Waals surface area contributed by atoms with Crippen LogP contribution in [0.3, 0.4) is 0 Å². The van der Waals surface area contributed by atoms with Gasteiger partial charge in [0.2, 0.25) is 0 Å². The molecule has 2 heterocycles. The Balaban J connectivity index is 1.61. The zero-order valence-corrected chi connectivity index (χ0v) is 14.6. The van der Waals surface area contributed by atoms with E-state index in [1.54, 1.807) is 6.07 Å². The maximum atomic E-state index is 12.7. The van der Waals surface area contributed by atoms with Crippen molar-refractivity contribution >= 4 is 11.7 Å². The molecule has 2 saturated heterocycles. The summed E-state index contributed by atoms with van der Waals surface area (Å²) < 4.78 is 10.9. The fraction of sp³-hybridized carbons (Fsp3) is 0.526. The number of morpholine rings is 1. The third-order valence-corrected chi connectivity index (χ3v) is 4.81. The maximum absolute atomic E-state index is 12.7. The van der Waals surface area contributed by atoms with Crippen LogP contribution in [0.2, 0.25) is 0 Å². The first kappa shape index (κ1) is 17.6. The van der Waals surface area contributed by atoms with Crippen molar-refractivity contribution in [2.75, 3.05) is 51.3 Å². The monoisotopic (exact) mass is 343 g/mol. The molecule has 0 radical (unpaired) electrons. The number of carbonyl (C=O) groups is 1. The summed E-state index contributed by atoms with van der Waals surface area (Å²) in [6.45, 7) is 7.29. The Morgan fingerprint density at radius 2 is 2.12 bits per heavy atom. The number of terminal acetylenes is 1. The van der Waals surface area contributed by atoms with Crippen LogP contribution in [-0.2, 0) is 4.74 Å². The van der Waals surface area contributed by atoms with Crippen LogP contribution in [0.15, 0.2) is 24.3 Å². The normalized spacial score (nSPS) is 23.9. The summed E-state index contributed by atoms with van der Waals surface area (Å²) in [5, 5.41) is 2.96. The van der Waals surface area contributed by atoms with Gasteiger partial charge in [-0.05, 0) is 18.1 Å². The second-order valence-corrected chi connectivity index (χ2v) is 6.52. The average molecular weight is 343 g/mol. The third kappa shape index (κ3) is 4.25. The molecule has 134 valence electrons. The first-order valence-corrected chi connectivity index (χ1v) is 8.72. The Hall–Kier alpha value is -2.23. The van der Waals surface area contributed by atoms with Crippen molar-refractivity contribution in [3.05, 3.63) is 24.3 Å². The topological polar surface area (TPSA) is 54.0 Å². The molecule has 6 heteroatoms. The molecular weight excluding hydrogens is 318 g/mol. The Kier molecular flexibility index (Phi) is 5.79. The van der Waals surface area contributed by atoms with Gasteiger partial charge < -0.3 is 19.7 Å². The van der Waals surface area contributed by atoms with E-state index in [1.165, 1.54) is 0 Å². The van der Waals surface area contributed by atoms with Gasteiger partial charge in [0.15, 0.2) is 0 Å². The van der Waals surface area contributed by atoms with Crippen LogP contribution >= 0.6 is 0 Å². The van der Waals surface area contributed by atoms with Crippen LogP contribution < -0.4 is 10.1 Å². The van der Waals surface area contributed by atoms with E-state index < -0.39 is 0 Å². The third-order valence-electron chi connectivity index (χ3n) is 4.81. The van der Waals surface area contributed by atoms with Crippen molar-refractivity contribution < 1.29 is 14.3 Å². The summed E-state index contributed by atoms with van der Waals surface area (Å²) in [5.74, 6) is 3.47. The van der Waals surface area contributed by atoms with Crippen LogP contribution in [0.1, 0.15) is 6.92 Å². The SMILES string of the molecule is C#CCOc1ccccc1NC(=O)N1C[C@@H](N2CCOCC2)[C@@H](C)C1. The molecule has 0 aliphatic carbocycles. The fourth-order valence-electron chi connectivity index (χ4n) is 3.51. The van der Waals surface area contributed by atoms with Gasteiger partial charge in [0.05, 0.1) is 18.9 Å². The standard InChI is InChI=1S/C19H25N3O3/c1-3-10-25-18-7-5-4-6-16(18)20-19(23)22-13-15(2)17(14-22)21-8-11-24-12-9-21/h1,4-7,15,17H,8-14H2,2H3,(H,20,23)/t15-,17+/m0/s1. The number of nitrogens with one attached hydrogen (secondary N) is 1. The predicted molar refractivity (Wildman–Crippen MR) is 96.7 cm³/mol. The van der Waals surface area contributed by atoms with Crippen molar-refractivity contribution in [3.8, 4) is 18.1 Å². The Morgan fingerprint density at radius 1 is 1.36 bits per heavy atom. The van der Waals surface area contributed by atoms with Crippen LogP contribution in [-0.4, -0.2) is 67.9 Å². The minimum absolute atomic E-state index is 0.0978. The van der Waals surface area contributed by atoms with Gasteiger partial charge in [0.25, 0.3) is 0 Å². The fourth-order valence-corrected chi connectivity index (χ4v) is 3.51. The van der Waals surface area contributed by atoms with E-state index in [-0.39, 0.29) is 12.6 Å². The van der Waals surface area contributed by atoms with Crippen molar-refractivity contribution in [2.24, 2.45) is 5.92 Å². The second kappa shape index (κ2) is 8.24. The molecule has 1 aromatic rings. The largest absolute Gasteiger partial charge is 0.479 e. The lowest BCUT2D eigenvalue weighted by Crippen LogP contribution is -2.47. The Bertz CT molecular complexity index is 637. The average Bonchev–Trinajstić information content (AvgIpc) is 3.03. The maximum Gasteiger partial charge on any atom is 0.322 e. The van der Waals surface area contributed by atoms with E-state index in [0.717, 1.165) is 39.4 Å². The summed E-state index contributed by atoms with van der Waals surface area (Å²) in [6.07, 6.45) is 5.24. The zero-order chi connectivity index (χ0) is 17.6. The molecule has 2 atom stereocenters. The van der Waals surface area contributed by atoms with E-state index in [1.807, 2.05) is 23.1 Å². The molecule has 0 unspecified atom stereocenters. The molecule has 2 fully saturated rings. The van der Waals surface area contributed by atoms with Crippen LogP contribution in [0.4, 0.5) is 10.5 Å². The summed E-state index contributed by atoms with van der Waals surface area (Å²) in [6, 6.07) is 7.63. The zero-order valence-electron chi connectivity index (χ0n) is 14.6. The van der Waals surface area contributed by atoms with Gasteiger partial charge in [-0.3, -0.25) is 4.90 Å². The number of benzene rings is 1. The molecule has 1 N–H and O–H groups in total. The van der Waals surface area contributed by atoms with E-state index >= 15 is 0 Å². The van der Waals surface area contributed by atoms with Gasteiger partial charge in [-0.25, -0.2) is 4.79 Å². The predicted octanol–water partition coefficient (Wildman–Crippen LogP) is 1.88. The van der Waals surface area contributed by atoms with Gasteiger partial charge in [0.1, 0.15) is 12.4 Å². The number of hydrogen-bond donors (Lipinski definition) is 1. The second-order valence-electron chi connectivity index (χ2n) is 6.52. The molecule has 0 saturated carbocycles. The lowest BCUT2D eigenvalue weighted by atomic mass is 10.0. The van der Waals surface area contributed by atoms with Crippen molar-refractivity contribution in [3.63, 3.8) is 0 Å². The molecule has 2 amide bonds. The van der Waals surface area contributed by atoms with Gasteiger partial charge in [0, 0.05) is 32.2 Å². The lowest BCUT2D eigenvalue weighted by Gasteiger charge is -2.33. The summed E-state index contributed by atoms with van der Waals surface area (Å²) in [7, 11) is 0. The molecule has 2 aliphatic heterocycles. The summed E-state index contributed by atoms with van der Waals surface area (Å²) in [5.41, 5.74) is 0.644. The van der Waals surface area contributed by atoms with Gasteiger partial charge >= 0.3 is 6.03 Å². The molecule has 2 aliphatic rings. The molecule has 0 spiro atoms. The van der Waals surface area contributed by atoms with Gasteiger partial charge in [-0.2, -0.15) is 0 Å². The van der Waals surface area contributed by atoms with E-state index in [2.05, 4.69) is 23.1 Å². The van der Waals surface area contributed by atoms with Crippen LogP contribution in [0, 0.1) is 18.3 Å². The number of carbonyl (C=O) groups excluding carboxylic acids is 1. The number of ether oxygens (including phenoxy) is 2. The smallest absolute Gasteiger partial charge is 0.322 e. The highest BCUT2D eigenvalue weighted by Gasteiger charge is 2.36.